The first-order chi connectivity index (χ1) is 6.13. The number of benzene rings is 1. The van der Waals surface area contributed by atoms with Gasteiger partial charge in [-0.3, -0.25) is 4.79 Å². The molecule has 0 unspecified atom stereocenters. The molecule has 2 nitrogen and oxygen atoms in total. The van der Waals surface area contributed by atoms with Crippen LogP contribution in [0.3, 0.4) is 0 Å². The first-order valence-electron chi connectivity index (χ1n) is 4.13. The van der Waals surface area contributed by atoms with E-state index in [1.54, 1.807) is 19.1 Å². The monoisotopic (exact) mass is 196 g/mol. The Morgan fingerprint density at radius 3 is 2.77 bits per heavy atom. The van der Waals surface area contributed by atoms with Crippen molar-refractivity contribution in [1.82, 2.24) is 0 Å². The zero-order valence-corrected chi connectivity index (χ0v) is 8.60. The molecule has 0 fully saturated rings. The van der Waals surface area contributed by atoms with Crippen LogP contribution in [0.15, 0.2) is 23.1 Å². The number of hydrogen-bond donors (Lipinski definition) is 1. The standard InChI is InChI=1S/C10H12O2S/c1-3-10(11)12-8-4-5-9(13)7(2)6-8/h4-6,13H,3H2,1-2H3. The molecule has 0 atom stereocenters. The maximum Gasteiger partial charge on any atom is 0.310 e. The Kier molecular flexibility index (Phi) is 3.37. The Bertz CT molecular complexity index is 321. The van der Waals surface area contributed by atoms with E-state index in [1.165, 1.54) is 0 Å². The third kappa shape index (κ3) is 2.77. The Hall–Kier alpha value is -0.960. The Morgan fingerprint density at radius 1 is 1.54 bits per heavy atom. The topological polar surface area (TPSA) is 26.3 Å². The average molecular weight is 196 g/mol. The number of rotatable bonds is 2. The van der Waals surface area contributed by atoms with Gasteiger partial charge < -0.3 is 4.74 Å². The lowest BCUT2D eigenvalue weighted by molar-refractivity contribution is -0.134. The van der Waals surface area contributed by atoms with Crippen molar-refractivity contribution in [3.8, 4) is 5.75 Å². The van der Waals surface area contributed by atoms with Gasteiger partial charge in [0, 0.05) is 11.3 Å². The predicted molar refractivity (Wildman–Crippen MR) is 54.4 cm³/mol. The van der Waals surface area contributed by atoms with Gasteiger partial charge >= 0.3 is 5.97 Å². The van der Waals surface area contributed by atoms with E-state index < -0.39 is 0 Å². The van der Waals surface area contributed by atoms with Crippen molar-refractivity contribution in [1.29, 1.82) is 0 Å². The lowest BCUT2D eigenvalue weighted by atomic mass is 10.2. The van der Waals surface area contributed by atoms with E-state index in [2.05, 4.69) is 12.6 Å². The molecule has 1 aromatic rings. The molecule has 0 aliphatic heterocycles. The predicted octanol–water partition coefficient (Wildman–Crippen LogP) is 2.60. The molecule has 70 valence electrons. The molecule has 0 radical (unpaired) electrons. The fraction of sp³-hybridized carbons (Fsp3) is 0.300. The lowest BCUT2D eigenvalue weighted by Crippen LogP contribution is -2.05. The highest BCUT2D eigenvalue weighted by Gasteiger charge is 2.02. The lowest BCUT2D eigenvalue weighted by Gasteiger charge is -2.04. The van der Waals surface area contributed by atoms with Crippen molar-refractivity contribution in [3.05, 3.63) is 23.8 Å². The number of aryl methyl sites for hydroxylation is 1. The first kappa shape index (κ1) is 10.1. The highest BCUT2D eigenvalue weighted by atomic mass is 32.1. The maximum absolute atomic E-state index is 10.9. The van der Waals surface area contributed by atoms with Crippen LogP contribution >= 0.6 is 12.6 Å². The minimum Gasteiger partial charge on any atom is -0.427 e. The van der Waals surface area contributed by atoms with E-state index >= 15 is 0 Å². The van der Waals surface area contributed by atoms with Crippen molar-refractivity contribution in [2.24, 2.45) is 0 Å². The van der Waals surface area contributed by atoms with Crippen LogP contribution in [0.4, 0.5) is 0 Å². The molecular formula is C10H12O2S. The van der Waals surface area contributed by atoms with E-state index in [-0.39, 0.29) is 5.97 Å². The molecule has 0 N–H and O–H groups in total. The quantitative estimate of drug-likeness (QED) is 0.447. The van der Waals surface area contributed by atoms with Gasteiger partial charge in [-0.2, -0.15) is 0 Å². The summed E-state index contributed by atoms with van der Waals surface area (Å²) in [4.78, 5) is 11.8. The van der Waals surface area contributed by atoms with E-state index in [0.717, 1.165) is 10.5 Å². The number of esters is 1. The summed E-state index contributed by atoms with van der Waals surface area (Å²) in [6.45, 7) is 3.69. The molecule has 1 rings (SSSR count). The minimum absolute atomic E-state index is 0.216. The largest absolute Gasteiger partial charge is 0.427 e. The van der Waals surface area contributed by atoms with Gasteiger partial charge in [-0.05, 0) is 30.7 Å². The molecule has 0 aliphatic rings. The third-order valence-corrected chi connectivity index (χ3v) is 2.19. The SMILES string of the molecule is CCC(=O)Oc1ccc(S)c(C)c1. The number of hydrogen-bond acceptors (Lipinski definition) is 3. The summed E-state index contributed by atoms with van der Waals surface area (Å²) in [6, 6.07) is 5.36. The second kappa shape index (κ2) is 4.33. The van der Waals surface area contributed by atoms with Crippen LogP contribution in [0.1, 0.15) is 18.9 Å². The molecule has 0 amide bonds. The van der Waals surface area contributed by atoms with Crippen LogP contribution in [0.2, 0.25) is 0 Å². The summed E-state index contributed by atoms with van der Waals surface area (Å²) in [5.41, 5.74) is 1.00. The number of carbonyl (C=O) groups is 1. The second-order valence-electron chi connectivity index (χ2n) is 2.78. The van der Waals surface area contributed by atoms with Crippen LogP contribution in [0.5, 0.6) is 5.75 Å². The van der Waals surface area contributed by atoms with E-state index in [0.29, 0.717) is 12.2 Å². The summed E-state index contributed by atoms with van der Waals surface area (Å²) < 4.78 is 5.03. The number of thiol groups is 1. The van der Waals surface area contributed by atoms with Crippen molar-refractivity contribution in [2.75, 3.05) is 0 Å². The molecule has 0 aromatic heterocycles. The molecule has 0 bridgehead atoms. The normalized spacial score (nSPS) is 9.77. The Morgan fingerprint density at radius 2 is 2.23 bits per heavy atom. The maximum atomic E-state index is 10.9. The molecule has 0 saturated heterocycles. The van der Waals surface area contributed by atoms with Gasteiger partial charge in [0.05, 0.1) is 0 Å². The highest BCUT2D eigenvalue weighted by molar-refractivity contribution is 7.80. The van der Waals surface area contributed by atoms with E-state index in [9.17, 15) is 4.79 Å². The summed E-state index contributed by atoms with van der Waals surface area (Å²) in [6.07, 6.45) is 0.391. The second-order valence-corrected chi connectivity index (χ2v) is 3.26. The van der Waals surface area contributed by atoms with Crippen molar-refractivity contribution in [3.63, 3.8) is 0 Å². The van der Waals surface area contributed by atoms with Crippen LogP contribution < -0.4 is 4.74 Å². The minimum atomic E-state index is -0.216. The Balaban J connectivity index is 2.79. The Labute approximate surface area is 83.3 Å². The van der Waals surface area contributed by atoms with Gasteiger partial charge in [0.25, 0.3) is 0 Å². The smallest absolute Gasteiger partial charge is 0.310 e. The molecule has 0 aliphatic carbocycles. The fourth-order valence-corrected chi connectivity index (χ4v) is 1.03. The van der Waals surface area contributed by atoms with Crippen molar-refractivity contribution >= 4 is 18.6 Å². The van der Waals surface area contributed by atoms with E-state index in [1.807, 2.05) is 13.0 Å². The number of carbonyl (C=O) groups excluding carboxylic acids is 1. The van der Waals surface area contributed by atoms with E-state index in [4.69, 9.17) is 4.74 Å². The van der Waals surface area contributed by atoms with Gasteiger partial charge in [0.1, 0.15) is 5.75 Å². The molecule has 0 heterocycles. The van der Waals surface area contributed by atoms with Crippen LogP contribution in [0.25, 0.3) is 0 Å². The van der Waals surface area contributed by atoms with Crippen molar-refractivity contribution < 1.29 is 9.53 Å². The molecule has 0 spiro atoms. The van der Waals surface area contributed by atoms with Crippen molar-refractivity contribution in [2.45, 2.75) is 25.2 Å². The van der Waals surface area contributed by atoms with Gasteiger partial charge in [-0.15, -0.1) is 12.6 Å². The molecule has 1 aromatic carbocycles. The molecule has 13 heavy (non-hydrogen) atoms. The summed E-state index contributed by atoms with van der Waals surface area (Å²) >= 11 is 4.22. The van der Waals surface area contributed by atoms with Crippen LogP contribution in [-0.4, -0.2) is 5.97 Å². The van der Waals surface area contributed by atoms with Crippen LogP contribution in [-0.2, 0) is 4.79 Å². The summed E-state index contributed by atoms with van der Waals surface area (Å²) in [5.74, 6) is 0.369. The van der Waals surface area contributed by atoms with Gasteiger partial charge in [-0.1, -0.05) is 6.92 Å². The van der Waals surface area contributed by atoms with Crippen LogP contribution in [0, 0.1) is 6.92 Å². The third-order valence-electron chi connectivity index (χ3n) is 1.69. The zero-order chi connectivity index (χ0) is 9.84. The van der Waals surface area contributed by atoms with Gasteiger partial charge in [-0.25, -0.2) is 0 Å². The first-order valence-corrected chi connectivity index (χ1v) is 4.58. The fourth-order valence-electron chi connectivity index (χ4n) is 0.895. The van der Waals surface area contributed by atoms with Gasteiger partial charge in [0.15, 0.2) is 0 Å². The summed E-state index contributed by atoms with van der Waals surface area (Å²) in [5, 5.41) is 0. The number of ether oxygens (including phenoxy) is 1. The highest BCUT2D eigenvalue weighted by Crippen LogP contribution is 2.19. The molecular weight excluding hydrogens is 184 g/mol. The molecule has 0 saturated carbocycles. The zero-order valence-electron chi connectivity index (χ0n) is 7.70. The molecule has 3 heteroatoms. The van der Waals surface area contributed by atoms with Gasteiger partial charge in [0.2, 0.25) is 0 Å². The average Bonchev–Trinajstić information content (AvgIpc) is 2.11. The summed E-state index contributed by atoms with van der Waals surface area (Å²) in [7, 11) is 0.